The highest BCUT2D eigenvalue weighted by atomic mass is 16.7. The summed E-state index contributed by atoms with van der Waals surface area (Å²) in [6.45, 7) is 9.89. The third-order valence-electron chi connectivity index (χ3n) is 7.44. The standard InChI is InChI=1S/C25H30O5/c1-13-7-6-8-17-19(13)22-20(23(26)28-17)21-18-14(2)9-10-16(18)15(3)25(29-21,30-22)12-11-24(4,5)27/h6-8,11-12,14-16,18,21,27H,9-10H2,1-5H3/b12-11+/t14-,15+,16+,18+,21+,25+/m0/s1. The van der Waals surface area contributed by atoms with E-state index in [0.29, 0.717) is 28.7 Å². The highest BCUT2D eigenvalue weighted by Crippen LogP contribution is 2.61. The van der Waals surface area contributed by atoms with Crippen LogP contribution >= 0.6 is 0 Å². The molecule has 5 heteroatoms. The molecular formula is C25H30O5. The lowest BCUT2D eigenvalue weighted by atomic mass is 9.70. The first-order chi connectivity index (χ1) is 14.1. The van der Waals surface area contributed by atoms with E-state index in [9.17, 15) is 9.90 Å². The van der Waals surface area contributed by atoms with Gasteiger partial charge < -0.3 is 19.0 Å². The first kappa shape index (κ1) is 19.8. The summed E-state index contributed by atoms with van der Waals surface area (Å²) in [5.41, 5.74) is 0.673. The van der Waals surface area contributed by atoms with E-state index in [1.807, 2.05) is 31.2 Å². The van der Waals surface area contributed by atoms with Crippen molar-refractivity contribution in [2.45, 2.75) is 65.0 Å². The van der Waals surface area contributed by atoms with Gasteiger partial charge in [0.15, 0.2) is 0 Å². The van der Waals surface area contributed by atoms with Gasteiger partial charge in [-0.05, 0) is 62.7 Å². The Labute approximate surface area is 176 Å². The van der Waals surface area contributed by atoms with Crippen LogP contribution in [-0.4, -0.2) is 16.5 Å². The molecule has 0 unspecified atom stereocenters. The molecule has 1 aromatic heterocycles. The van der Waals surface area contributed by atoms with Gasteiger partial charge in [0.05, 0.1) is 11.0 Å². The molecule has 0 spiro atoms. The van der Waals surface area contributed by atoms with Crippen LogP contribution in [0.5, 0.6) is 5.75 Å². The van der Waals surface area contributed by atoms with Crippen LogP contribution in [0.3, 0.4) is 0 Å². The van der Waals surface area contributed by atoms with Gasteiger partial charge in [-0.15, -0.1) is 0 Å². The fraction of sp³-hybridized carbons (Fsp3) is 0.560. The highest BCUT2D eigenvalue weighted by molar-refractivity contribution is 5.88. The fourth-order valence-corrected chi connectivity index (χ4v) is 5.87. The zero-order chi connectivity index (χ0) is 21.4. The molecule has 5 rings (SSSR count). The SMILES string of the molecule is Cc1cccc2oc(=O)c3c(c12)O[C@@]1(/C=C/C(C)(C)O)O[C@@H]3[C@H]2[C@H](CC[C@@H]2C)[C@H]1C. The minimum atomic E-state index is -1.02. The van der Waals surface area contributed by atoms with Crippen LogP contribution in [0.4, 0.5) is 0 Å². The van der Waals surface area contributed by atoms with Crippen molar-refractivity contribution in [3.05, 3.63) is 51.9 Å². The van der Waals surface area contributed by atoms with Crippen LogP contribution in [0.25, 0.3) is 11.0 Å². The average Bonchev–Trinajstić information content (AvgIpc) is 3.05. The minimum absolute atomic E-state index is 0.0850. The molecule has 2 aromatic rings. The zero-order valence-electron chi connectivity index (χ0n) is 18.3. The van der Waals surface area contributed by atoms with Crippen molar-refractivity contribution in [2.75, 3.05) is 0 Å². The van der Waals surface area contributed by atoms with Crippen molar-refractivity contribution in [2.24, 2.45) is 23.7 Å². The zero-order valence-corrected chi connectivity index (χ0v) is 18.3. The van der Waals surface area contributed by atoms with Crippen molar-refractivity contribution in [3.63, 3.8) is 0 Å². The van der Waals surface area contributed by atoms with Crippen LogP contribution in [-0.2, 0) is 4.74 Å². The molecule has 1 N–H and O–H groups in total. The summed E-state index contributed by atoms with van der Waals surface area (Å²) in [7, 11) is 0. The van der Waals surface area contributed by atoms with Crippen LogP contribution in [0.15, 0.2) is 39.6 Å². The Morgan fingerprint density at radius 3 is 2.73 bits per heavy atom. The predicted molar refractivity (Wildman–Crippen MR) is 114 cm³/mol. The van der Waals surface area contributed by atoms with Crippen LogP contribution in [0, 0.1) is 30.6 Å². The number of rotatable bonds is 2. The molecule has 3 heterocycles. The number of fused-ring (bicyclic) bond motifs is 8. The molecule has 1 aromatic carbocycles. The predicted octanol–water partition coefficient (Wildman–Crippen LogP) is 4.89. The number of aryl methyl sites for hydroxylation is 1. The first-order valence-electron chi connectivity index (χ1n) is 11.0. The monoisotopic (exact) mass is 410 g/mol. The van der Waals surface area contributed by atoms with Crippen molar-refractivity contribution in [1.82, 2.24) is 0 Å². The summed E-state index contributed by atoms with van der Waals surface area (Å²) < 4.78 is 19.0. The summed E-state index contributed by atoms with van der Waals surface area (Å²) in [6.07, 6.45) is 5.43. The second kappa shape index (κ2) is 6.44. The van der Waals surface area contributed by atoms with E-state index in [1.54, 1.807) is 19.9 Å². The quantitative estimate of drug-likeness (QED) is 0.564. The van der Waals surface area contributed by atoms with Crippen LogP contribution in [0.1, 0.15) is 57.8 Å². The van der Waals surface area contributed by atoms with Gasteiger partial charge in [0.2, 0.25) is 5.79 Å². The third-order valence-corrected chi connectivity index (χ3v) is 7.44. The summed E-state index contributed by atoms with van der Waals surface area (Å²) in [5, 5.41) is 11.2. The van der Waals surface area contributed by atoms with Crippen molar-refractivity contribution < 1.29 is 19.0 Å². The lowest BCUT2D eigenvalue weighted by molar-refractivity contribution is -0.285. The van der Waals surface area contributed by atoms with Crippen molar-refractivity contribution >= 4 is 11.0 Å². The molecule has 160 valence electrons. The number of aliphatic hydroxyl groups is 1. The van der Waals surface area contributed by atoms with E-state index >= 15 is 0 Å². The number of hydrogen-bond acceptors (Lipinski definition) is 5. The maximum Gasteiger partial charge on any atom is 0.345 e. The normalized spacial score (nSPS) is 35.3. The van der Waals surface area contributed by atoms with E-state index in [2.05, 4.69) is 13.8 Å². The Bertz CT molecular complexity index is 1090. The average molecular weight is 411 g/mol. The van der Waals surface area contributed by atoms with E-state index in [0.717, 1.165) is 23.8 Å². The Morgan fingerprint density at radius 1 is 1.23 bits per heavy atom. The van der Waals surface area contributed by atoms with Gasteiger partial charge in [-0.3, -0.25) is 0 Å². The van der Waals surface area contributed by atoms with E-state index in [-0.39, 0.29) is 23.6 Å². The van der Waals surface area contributed by atoms with Gasteiger partial charge in [0.25, 0.3) is 0 Å². The van der Waals surface area contributed by atoms with Gasteiger partial charge in [-0.2, -0.15) is 0 Å². The molecular weight excluding hydrogens is 380 g/mol. The molecule has 30 heavy (non-hydrogen) atoms. The molecule has 2 fully saturated rings. The molecule has 6 atom stereocenters. The van der Waals surface area contributed by atoms with Crippen molar-refractivity contribution in [1.29, 1.82) is 0 Å². The largest absolute Gasteiger partial charge is 0.457 e. The summed E-state index contributed by atoms with van der Waals surface area (Å²) >= 11 is 0. The first-order valence-corrected chi connectivity index (χ1v) is 11.0. The maximum absolute atomic E-state index is 13.1. The maximum atomic E-state index is 13.1. The third kappa shape index (κ3) is 2.78. The number of ether oxygens (including phenoxy) is 2. The second-order valence-electron chi connectivity index (χ2n) is 10.0. The van der Waals surface area contributed by atoms with E-state index in [4.69, 9.17) is 13.9 Å². The molecule has 1 saturated carbocycles. The molecule has 3 aliphatic rings. The Balaban J connectivity index is 1.80. The molecule has 0 amide bonds. The molecule has 2 aliphatic heterocycles. The van der Waals surface area contributed by atoms with E-state index in [1.165, 1.54) is 0 Å². The Hall–Kier alpha value is -2.11. The Morgan fingerprint density at radius 2 is 2.00 bits per heavy atom. The summed E-state index contributed by atoms with van der Waals surface area (Å²) in [5.74, 6) is 0.728. The topological polar surface area (TPSA) is 68.9 Å². The lowest BCUT2D eigenvalue weighted by Crippen LogP contribution is -2.57. The molecule has 1 saturated heterocycles. The fourth-order valence-electron chi connectivity index (χ4n) is 5.87. The van der Waals surface area contributed by atoms with Crippen LogP contribution < -0.4 is 10.4 Å². The number of hydrogen-bond donors (Lipinski definition) is 1. The second-order valence-corrected chi connectivity index (χ2v) is 10.0. The molecule has 1 aliphatic carbocycles. The van der Waals surface area contributed by atoms with Gasteiger partial charge in [0.1, 0.15) is 23.0 Å². The number of benzene rings is 1. The highest BCUT2D eigenvalue weighted by Gasteiger charge is 2.60. The Kier molecular flexibility index (Phi) is 4.26. The van der Waals surface area contributed by atoms with E-state index < -0.39 is 11.4 Å². The van der Waals surface area contributed by atoms with Gasteiger partial charge >= 0.3 is 5.63 Å². The van der Waals surface area contributed by atoms with Gasteiger partial charge in [0, 0.05) is 5.92 Å². The minimum Gasteiger partial charge on any atom is -0.457 e. The summed E-state index contributed by atoms with van der Waals surface area (Å²) in [6, 6.07) is 5.69. The van der Waals surface area contributed by atoms with Gasteiger partial charge in [-0.25, -0.2) is 4.79 Å². The van der Waals surface area contributed by atoms with Gasteiger partial charge in [-0.1, -0.05) is 38.5 Å². The van der Waals surface area contributed by atoms with Crippen molar-refractivity contribution in [3.8, 4) is 5.75 Å². The van der Waals surface area contributed by atoms with Crippen LogP contribution in [0.2, 0.25) is 0 Å². The molecule has 5 nitrogen and oxygen atoms in total. The summed E-state index contributed by atoms with van der Waals surface area (Å²) in [4.78, 5) is 13.1. The smallest absolute Gasteiger partial charge is 0.345 e. The lowest BCUT2D eigenvalue weighted by Gasteiger charge is -2.53. The molecule has 2 bridgehead atoms. The molecule has 0 radical (unpaired) electrons.